The summed E-state index contributed by atoms with van der Waals surface area (Å²) in [5.74, 6) is 0.678. The van der Waals surface area contributed by atoms with E-state index in [1.807, 2.05) is 37.3 Å². The first-order chi connectivity index (χ1) is 9.60. The Morgan fingerprint density at radius 3 is 2.55 bits per heavy atom. The van der Waals surface area contributed by atoms with Gasteiger partial charge in [0.1, 0.15) is 5.75 Å². The molecule has 2 rings (SSSR count). The smallest absolute Gasteiger partial charge is 0.251 e. The van der Waals surface area contributed by atoms with Crippen LogP contribution in [-0.2, 0) is 6.54 Å². The van der Waals surface area contributed by atoms with Crippen LogP contribution in [0, 0.1) is 6.92 Å². The van der Waals surface area contributed by atoms with Crippen molar-refractivity contribution in [1.29, 1.82) is 0 Å². The molecule has 0 bridgehead atoms. The molecule has 0 spiro atoms. The lowest BCUT2D eigenvalue weighted by Gasteiger charge is -2.09. The topological polar surface area (TPSA) is 64.3 Å². The zero-order valence-electron chi connectivity index (χ0n) is 11.6. The van der Waals surface area contributed by atoms with Crippen molar-refractivity contribution in [3.8, 4) is 5.75 Å². The van der Waals surface area contributed by atoms with Crippen LogP contribution in [0.3, 0.4) is 0 Å². The molecular formula is C16H18N2O2. The fourth-order valence-corrected chi connectivity index (χ4v) is 1.91. The fraction of sp³-hybridized carbons (Fsp3) is 0.188. The molecule has 0 heterocycles. The first-order valence-electron chi connectivity index (χ1n) is 6.37. The Bertz CT molecular complexity index is 606. The molecule has 0 aliphatic rings. The number of hydrogen-bond acceptors (Lipinski definition) is 3. The lowest BCUT2D eigenvalue weighted by atomic mass is 10.1. The number of aryl methyl sites for hydroxylation is 1. The SMILES string of the molecule is COc1ccc(CNC(=O)c2cc(N)ccc2C)cc1. The van der Waals surface area contributed by atoms with Gasteiger partial charge in [0.25, 0.3) is 5.91 Å². The van der Waals surface area contributed by atoms with Gasteiger partial charge in [-0.25, -0.2) is 0 Å². The van der Waals surface area contributed by atoms with Crippen LogP contribution in [0.2, 0.25) is 0 Å². The monoisotopic (exact) mass is 270 g/mol. The number of anilines is 1. The summed E-state index contributed by atoms with van der Waals surface area (Å²) >= 11 is 0. The van der Waals surface area contributed by atoms with Crippen molar-refractivity contribution in [3.05, 3.63) is 59.2 Å². The molecule has 2 aromatic carbocycles. The Labute approximate surface area is 118 Å². The maximum Gasteiger partial charge on any atom is 0.251 e. The van der Waals surface area contributed by atoms with Gasteiger partial charge in [-0.05, 0) is 42.3 Å². The summed E-state index contributed by atoms with van der Waals surface area (Å²) in [5.41, 5.74) is 8.83. The van der Waals surface area contributed by atoms with E-state index in [1.165, 1.54) is 0 Å². The number of benzene rings is 2. The van der Waals surface area contributed by atoms with E-state index in [9.17, 15) is 4.79 Å². The van der Waals surface area contributed by atoms with E-state index in [0.717, 1.165) is 16.9 Å². The van der Waals surface area contributed by atoms with E-state index in [4.69, 9.17) is 10.5 Å². The molecule has 2 aromatic rings. The molecular weight excluding hydrogens is 252 g/mol. The highest BCUT2D eigenvalue weighted by Crippen LogP contribution is 2.14. The molecule has 4 heteroatoms. The van der Waals surface area contributed by atoms with E-state index in [2.05, 4.69) is 5.32 Å². The summed E-state index contributed by atoms with van der Waals surface area (Å²) in [5, 5.41) is 2.89. The summed E-state index contributed by atoms with van der Waals surface area (Å²) in [6, 6.07) is 12.9. The molecule has 0 saturated heterocycles. The number of amides is 1. The van der Waals surface area contributed by atoms with Crippen LogP contribution < -0.4 is 15.8 Å². The van der Waals surface area contributed by atoms with E-state index in [1.54, 1.807) is 19.2 Å². The predicted octanol–water partition coefficient (Wildman–Crippen LogP) is 2.52. The molecule has 104 valence electrons. The second kappa shape index (κ2) is 6.10. The van der Waals surface area contributed by atoms with Gasteiger partial charge in [-0.3, -0.25) is 4.79 Å². The summed E-state index contributed by atoms with van der Waals surface area (Å²) in [6.45, 7) is 2.36. The van der Waals surface area contributed by atoms with Gasteiger partial charge in [-0.15, -0.1) is 0 Å². The minimum Gasteiger partial charge on any atom is -0.497 e. The number of carbonyl (C=O) groups is 1. The highest BCUT2D eigenvalue weighted by atomic mass is 16.5. The van der Waals surface area contributed by atoms with Crippen LogP contribution in [0.25, 0.3) is 0 Å². The number of rotatable bonds is 4. The van der Waals surface area contributed by atoms with Gasteiger partial charge in [0, 0.05) is 17.8 Å². The number of nitrogen functional groups attached to an aromatic ring is 1. The van der Waals surface area contributed by atoms with E-state index in [-0.39, 0.29) is 5.91 Å². The maximum absolute atomic E-state index is 12.1. The maximum atomic E-state index is 12.1. The van der Waals surface area contributed by atoms with Crippen molar-refractivity contribution in [3.63, 3.8) is 0 Å². The summed E-state index contributed by atoms with van der Waals surface area (Å²) in [4.78, 5) is 12.1. The van der Waals surface area contributed by atoms with E-state index in [0.29, 0.717) is 17.8 Å². The number of hydrogen-bond donors (Lipinski definition) is 2. The van der Waals surface area contributed by atoms with Gasteiger partial charge >= 0.3 is 0 Å². The molecule has 0 aromatic heterocycles. The van der Waals surface area contributed by atoms with Crippen LogP contribution in [0.4, 0.5) is 5.69 Å². The molecule has 0 aliphatic carbocycles. The highest BCUT2D eigenvalue weighted by molar-refractivity contribution is 5.96. The van der Waals surface area contributed by atoms with Crippen LogP contribution in [0.1, 0.15) is 21.5 Å². The minimum absolute atomic E-state index is 0.120. The summed E-state index contributed by atoms with van der Waals surface area (Å²) in [6.07, 6.45) is 0. The molecule has 3 N–H and O–H groups in total. The second-order valence-corrected chi connectivity index (χ2v) is 4.61. The van der Waals surface area contributed by atoms with Crippen molar-refractivity contribution in [2.75, 3.05) is 12.8 Å². The zero-order chi connectivity index (χ0) is 14.5. The van der Waals surface area contributed by atoms with E-state index < -0.39 is 0 Å². The molecule has 1 amide bonds. The Balaban J connectivity index is 2.02. The van der Waals surface area contributed by atoms with Gasteiger partial charge < -0.3 is 15.8 Å². The third kappa shape index (κ3) is 3.29. The quantitative estimate of drug-likeness (QED) is 0.839. The van der Waals surface area contributed by atoms with Crippen molar-refractivity contribution >= 4 is 11.6 Å². The van der Waals surface area contributed by atoms with Gasteiger partial charge in [0.15, 0.2) is 0 Å². The number of nitrogens with two attached hydrogens (primary N) is 1. The highest BCUT2D eigenvalue weighted by Gasteiger charge is 2.08. The standard InChI is InChI=1S/C16H18N2O2/c1-11-3-6-13(17)9-15(11)16(19)18-10-12-4-7-14(20-2)8-5-12/h3-9H,10,17H2,1-2H3,(H,18,19). The number of ether oxygens (including phenoxy) is 1. The molecule has 0 radical (unpaired) electrons. The Hall–Kier alpha value is -2.49. The molecule has 20 heavy (non-hydrogen) atoms. The Kier molecular flexibility index (Phi) is 4.25. The second-order valence-electron chi connectivity index (χ2n) is 4.61. The Morgan fingerprint density at radius 1 is 1.20 bits per heavy atom. The average molecular weight is 270 g/mol. The molecule has 4 nitrogen and oxygen atoms in total. The van der Waals surface area contributed by atoms with Crippen LogP contribution in [0.5, 0.6) is 5.75 Å². The molecule has 0 atom stereocenters. The van der Waals surface area contributed by atoms with Crippen molar-refractivity contribution in [2.45, 2.75) is 13.5 Å². The van der Waals surface area contributed by atoms with Gasteiger partial charge in [0.2, 0.25) is 0 Å². The minimum atomic E-state index is -0.120. The number of carbonyl (C=O) groups excluding carboxylic acids is 1. The summed E-state index contributed by atoms with van der Waals surface area (Å²) in [7, 11) is 1.62. The third-order valence-corrected chi connectivity index (χ3v) is 3.12. The van der Waals surface area contributed by atoms with Crippen molar-refractivity contribution in [2.24, 2.45) is 0 Å². The zero-order valence-corrected chi connectivity index (χ0v) is 11.6. The first-order valence-corrected chi connectivity index (χ1v) is 6.37. The molecule has 0 fully saturated rings. The molecule has 0 aliphatic heterocycles. The van der Waals surface area contributed by atoms with Crippen molar-refractivity contribution in [1.82, 2.24) is 5.32 Å². The largest absolute Gasteiger partial charge is 0.497 e. The average Bonchev–Trinajstić information content (AvgIpc) is 2.47. The van der Waals surface area contributed by atoms with E-state index >= 15 is 0 Å². The summed E-state index contributed by atoms with van der Waals surface area (Å²) < 4.78 is 5.09. The van der Waals surface area contributed by atoms with Crippen molar-refractivity contribution < 1.29 is 9.53 Å². The van der Waals surface area contributed by atoms with Crippen LogP contribution >= 0.6 is 0 Å². The fourth-order valence-electron chi connectivity index (χ4n) is 1.91. The lowest BCUT2D eigenvalue weighted by molar-refractivity contribution is 0.0950. The van der Waals surface area contributed by atoms with Crippen LogP contribution in [0.15, 0.2) is 42.5 Å². The predicted molar refractivity (Wildman–Crippen MR) is 79.8 cm³/mol. The van der Waals surface area contributed by atoms with Gasteiger partial charge in [0.05, 0.1) is 7.11 Å². The third-order valence-electron chi connectivity index (χ3n) is 3.12. The molecule has 0 saturated carbocycles. The lowest BCUT2D eigenvalue weighted by Crippen LogP contribution is -2.23. The van der Waals surface area contributed by atoms with Gasteiger partial charge in [-0.2, -0.15) is 0 Å². The first kappa shape index (κ1) is 13.9. The van der Waals surface area contributed by atoms with Crippen LogP contribution in [-0.4, -0.2) is 13.0 Å². The van der Waals surface area contributed by atoms with Gasteiger partial charge in [-0.1, -0.05) is 18.2 Å². The normalized spacial score (nSPS) is 10.1. The number of methoxy groups -OCH3 is 1. The Morgan fingerprint density at radius 2 is 1.90 bits per heavy atom. The molecule has 0 unspecified atom stereocenters. The number of nitrogens with one attached hydrogen (secondary N) is 1.